The van der Waals surface area contributed by atoms with Crippen LogP contribution in [0.15, 0.2) is 54.6 Å². The van der Waals surface area contributed by atoms with Crippen LogP contribution in [0.3, 0.4) is 0 Å². The van der Waals surface area contributed by atoms with Gasteiger partial charge in [0.05, 0.1) is 28.7 Å². The number of alkyl halides is 2. The van der Waals surface area contributed by atoms with Crippen LogP contribution in [-0.4, -0.2) is 22.6 Å². The highest BCUT2D eigenvalue weighted by Crippen LogP contribution is 2.65. The smallest absolute Gasteiger partial charge is 0.257 e. The third kappa shape index (κ3) is 5.52. The third-order valence-electron chi connectivity index (χ3n) is 5.52. The molecule has 2 N–H and O–H groups in total. The fourth-order valence-electron chi connectivity index (χ4n) is 3.80. The molecule has 0 aliphatic heterocycles. The van der Waals surface area contributed by atoms with Gasteiger partial charge in [-0.3, -0.25) is 9.59 Å². The van der Waals surface area contributed by atoms with E-state index in [0.717, 1.165) is 6.07 Å². The fourth-order valence-corrected chi connectivity index (χ4v) is 5.41. The molecule has 0 bridgehead atoms. The van der Waals surface area contributed by atoms with Gasteiger partial charge in [0.25, 0.3) is 5.91 Å². The van der Waals surface area contributed by atoms with Crippen molar-refractivity contribution in [1.82, 2.24) is 0 Å². The number of anilines is 2. The summed E-state index contributed by atoms with van der Waals surface area (Å²) in [5.74, 6) is -4.49. The highest BCUT2D eigenvalue weighted by Gasteiger charge is 2.67. The highest BCUT2D eigenvalue weighted by atomic mass is 35.5. The van der Waals surface area contributed by atoms with Crippen LogP contribution in [0.2, 0.25) is 15.1 Å². The molecule has 1 aliphatic carbocycles. The molecule has 1 aliphatic rings. The molecule has 2 atom stereocenters. The Morgan fingerprint density at radius 1 is 0.943 bits per heavy atom. The normalized spacial score (nSPS) is 18.1. The number of carbonyl (C=O) groups is 2. The lowest BCUT2D eigenvalue weighted by atomic mass is 10.1. The predicted molar refractivity (Wildman–Crippen MR) is 136 cm³/mol. The van der Waals surface area contributed by atoms with E-state index in [1.165, 1.54) is 24.3 Å². The minimum absolute atomic E-state index is 0.00493. The van der Waals surface area contributed by atoms with E-state index in [1.54, 1.807) is 24.3 Å². The summed E-state index contributed by atoms with van der Waals surface area (Å²) in [6, 6.07) is 12.7. The van der Waals surface area contributed by atoms with E-state index in [0.29, 0.717) is 21.3 Å². The average molecular weight is 579 g/mol. The zero-order valence-corrected chi connectivity index (χ0v) is 21.3. The van der Waals surface area contributed by atoms with Crippen LogP contribution in [0.5, 0.6) is 0 Å². The Labute approximate surface area is 224 Å². The second-order valence-electron chi connectivity index (χ2n) is 7.90. The van der Waals surface area contributed by atoms with Crippen LogP contribution in [0.1, 0.15) is 21.8 Å². The number of hydrogen-bond acceptors (Lipinski definition) is 3. The summed E-state index contributed by atoms with van der Waals surface area (Å²) in [5, 5.41) is 6.08. The summed E-state index contributed by atoms with van der Waals surface area (Å²) in [7, 11) is 0. The predicted octanol–water partition coefficient (Wildman–Crippen LogP) is 7.75. The van der Waals surface area contributed by atoms with E-state index < -0.39 is 33.7 Å². The first-order valence-electron chi connectivity index (χ1n) is 10.1. The van der Waals surface area contributed by atoms with Crippen LogP contribution >= 0.6 is 58.0 Å². The zero-order chi connectivity index (χ0) is 25.5. The number of amides is 1. The molecule has 1 fully saturated rings. The molecule has 4 rings (SSSR count). The zero-order valence-electron chi connectivity index (χ0n) is 17.5. The van der Waals surface area contributed by atoms with Gasteiger partial charge >= 0.3 is 0 Å². The molecule has 0 radical (unpaired) electrons. The van der Waals surface area contributed by atoms with Crippen molar-refractivity contribution in [2.45, 2.75) is 10.3 Å². The van der Waals surface area contributed by atoms with Crippen LogP contribution in [0.25, 0.3) is 0 Å². The van der Waals surface area contributed by atoms with Crippen molar-refractivity contribution in [2.75, 3.05) is 17.2 Å². The number of halogens is 7. The Kier molecular flexibility index (Phi) is 7.51. The van der Waals surface area contributed by atoms with E-state index in [2.05, 4.69) is 10.6 Å². The van der Waals surface area contributed by atoms with Gasteiger partial charge in [-0.25, -0.2) is 8.78 Å². The summed E-state index contributed by atoms with van der Waals surface area (Å²) < 4.78 is 26.0. The molecule has 3 aromatic carbocycles. The molecule has 4 nitrogen and oxygen atoms in total. The molecule has 0 heterocycles. The van der Waals surface area contributed by atoms with Crippen molar-refractivity contribution in [3.8, 4) is 0 Å². The molecule has 0 aromatic heterocycles. The van der Waals surface area contributed by atoms with E-state index >= 15 is 0 Å². The van der Waals surface area contributed by atoms with Crippen LogP contribution in [-0.2, 0) is 4.79 Å². The molecule has 1 saturated carbocycles. The summed E-state index contributed by atoms with van der Waals surface area (Å²) in [5.41, 5.74) is 0.710. The lowest BCUT2D eigenvalue weighted by Gasteiger charge is -2.11. The standard InChI is InChI=1S/C24H15Cl5F2N2O2/c25-12-6-11(7-13(26)8-12)20-21(24(20,28)29)19(34)10-32-14-4-5-16(27)15(9-14)23(35)33-18-3-1-2-17(30)22(18)31/h1-9,20-21,32H,10H2,(H,33,35). The largest absolute Gasteiger partial charge is 0.378 e. The molecule has 0 saturated heterocycles. The van der Waals surface area contributed by atoms with E-state index in [4.69, 9.17) is 58.0 Å². The Bertz CT molecular complexity index is 1320. The average Bonchev–Trinajstić information content (AvgIpc) is 3.37. The molecular weight excluding hydrogens is 564 g/mol. The van der Waals surface area contributed by atoms with Gasteiger partial charge in [0.15, 0.2) is 17.4 Å². The SMILES string of the molecule is O=C(Nc1cccc(F)c1F)c1cc(NCC(=O)C2C(c3cc(Cl)cc(Cl)c3)C2(Cl)Cl)ccc1Cl. The first kappa shape index (κ1) is 26.0. The first-order valence-corrected chi connectivity index (χ1v) is 12.0. The van der Waals surface area contributed by atoms with Crippen molar-refractivity contribution in [2.24, 2.45) is 5.92 Å². The van der Waals surface area contributed by atoms with Crippen LogP contribution in [0, 0.1) is 17.6 Å². The van der Waals surface area contributed by atoms with Gasteiger partial charge in [0.1, 0.15) is 4.33 Å². The summed E-state index contributed by atoms with van der Waals surface area (Å²) >= 11 is 31.0. The lowest BCUT2D eigenvalue weighted by molar-refractivity contribution is -0.118. The first-order chi connectivity index (χ1) is 16.5. The molecular formula is C24H15Cl5F2N2O2. The summed E-state index contributed by atoms with van der Waals surface area (Å²) in [6.07, 6.45) is 0. The topological polar surface area (TPSA) is 58.2 Å². The maximum absolute atomic E-state index is 13.9. The van der Waals surface area contributed by atoms with Crippen molar-refractivity contribution in [3.63, 3.8) is 0 Å². The van der Waals surface area contributed by atoms with Crippen molar-refractivity contribution in [3.05, 3.63) is 92.4 Å². The van der Waals surface area contributed by atoms with Gasteiger partial charge in [-0.1, -0.05) is 40.9 Å². The Hall–Kier alpha value is -2.09. The van der Waals surface area contributed by atoms with Gasteiger partial charge in [-0.05, 0) is 54.1 Å². The number of nitrogens with one attached hydrogen (secondary N) is 2. The summed E-state index contributed by atoms with van der Waals surface area (Å²) in [4.78, 5) is 25.5. The third-order valence-corrected chi connectivity index (χ3v) is 7.23. The van der Waals surface area contributed by atoms with Gasteiger partial charge < -0.3 is 10.6 Å². The molecule has 182 valence electrons. The number of benzene rings is 3. The van der Waals surface area contributed by atoms with Gasteiger partial charge in [0.2, 0.25) is 0 Å². The van der Waals surface area contributed by atoms with E-state index in [-0.39, 0.29) is 28.6 Å². The van der Waals surface area contributed by atoms with Crippen molar-refractivity contribution < 1.29 is 18.4 Å². The maximum atomic E-state index is 13.9. The molecule has 35 heavy (non-hydrogen) atoms. The van der Waals surface area contributed by atoms with Gasteiger partial charge in [-0.15, -0.1) is 23.2 Å². The molecule has 2 unspecified atom stereocenters. The summed E-state index contributed by atoms with van der Waals surface area (Å²) in [6.45, 7) is -0.141. The maximum Gasteiger partial charge on any atom is 0.257 e. The van der Waals surface area contributed by atoms with Gasteiger partial charge in [-0.2, -0.15) is 0 Å². The second kappa shape index (κ2) is 10.1. The number of carbonyl (C=O) groups excluding carboxylic acids is 2. The van der Waals surface area contributed by atoms with E-state index in [9.17, 15) is 18.4 Å². The minimum atomic E-state index is -1.31. The monoisotopic (exact) mass is 576 g/mol. The Balaban J connectivity index is 1.45. The van der Waals surface area contributed by atoms with E-state index in [1.807, 2.05) is 0 Å². The van der Waals surface area contributed by atoms with Crippen molar-refractivity contribution in [1.29, 1.82) is 0 Å². The van der Waals surface area contributed by atoms with Crippen LogP contribution in [0.4, 0.5) is 20.2 Å². The fraction of sp³-hybridized carbons (Fsp3) is 0.167. The number of rotatable bonds is 7. The molecule has 1 amide bonds. The van der Waals surface area contributed by atoms with Crippen molar-refractivity contribution >= 4 is 81.1 Å². The van der Waals surface area contributed by atoms with Crippen LogP contribution < -0.4 is 10.6 Å². The highest BCUT2D eigenvalue weighted by molar-refractivity contribution is 6.53. The molecule has 3 aromatic rings. The number of Topliss-reactive ketones (excluding diaryl/α,β-unsaturated/α-hetero) is 1. The lowest BCUT2D eigenvalue weighted by Crippen LogP contribution is -2.19. The minimum Gasteiger partial charge on any atom is -0.378 e. The quantitative estimate of drug-likeness (QED) is 0.282. The number of ketones is 1. The molecule has 11 heteroatoms. The van der Waals surface area contributed by atoms with Gasteiger partial charge in [0, 0.05) is 21.7 Å². The Morgan fingerprint density at radius 3 is 2.31 bits per heavy atom. The molecule has 0 spiro atoms. The number of hydrogen-bond donors (Lipinski definition) is 2. The Morgan fingerprint density at radius 2 is 1.63 bits per heavy atom. The second-order valence-corrected chi connectivity index (χ2v) is 10.6.